The fraction of sp³-hybridized carbons (Fsp3) is 0.182. The van der Waals surface area contributed by atoms with Crippen molar-refractivity contribution in [3.05, 3.63) is 93.2 Å². The number of benzene rings is 2. The summed E-state index contributed by atoms with van der Waals surface area (Å²) >= 11 is 9.60. The zero-order valence-electron chi connectivity index (χ0n) is 16.1. The molecule has 1 aromatic heterocycles. The molecule has 1 fully saturated rings. The van der Waals surface area contributed by atoms with Crippen molar-refractivity contribution in [3.8, 4) is 0 Å². The van der Waals surface area contributed by atoms with Crippen LogP contribution in [-0.2, 0) is 15.4 Å². The number of aryl methyl sites for hydroxylation is 1. The highest BCUT2D eigenvalue weighted by Gasteiger charge is 2.50. The van der Waals surface area contributed by atoms with E-state index in [1.807, 2.05) is 43.3 Å². The van der Waals surface area contributed by atoms with Crippen molar-refractivity contribution in [3.63, 3.8) is 0 Å². The molecule has 0 unspecified atom stereocenters. The van der Waals surface area contributed by atoms with Crippen molar-refractivity contribution in [1.29, 1.82) is 0 Å². The molecule has 8 heteroatoms. The smallest absolute Gasteiger partial charge is 0.254 e. The number of hydrazone groups is 1. The van der Waals surface area contributed by atoms with Crippen molar-refractivity contribution in [1.82, 2.24) is 9.82 Å². The summed E-state index contributed by atoms with van der Waals surface area (Å²) < 4.78 is 26.4. The highest BCUT2D eigenvalue weighted by Crippen LogP contribution is 2.51. The molecular weight excluding hydrogens is 486 g/mol. The normalized spacial score (nSPS) is 15.6. The number of nitrogens with zero attached hydrogens (tertiary/aromatic N) is 2. The monoisotopic (exact) mass is 503 g/mol. The first-order valence-electron chi connectivity index (χ1n) is 9.35. The summed E-state index contributed by atoms with van der Waals surface area (Å²) in [6.07, 6.45) is 3.34. The Hall–Kier alpha value is -2.22. The van der Waals surface area contributed by atoms with E-state index in [1.165, 1.54) is 0 Å². The number of hydrogen-bond donors (Lipinski definition) is 1. The van der Waals surface area contributed by atoms with Crippen molar-refractivity contribution in [2.45, 2.75) is 30.1 Å². The van der Waals surface area contributed by atoms with Gasteiger partial charge in [0.15, 0.2) is 0 Å². The van der Waals surface area contributed by atoms with Crippen LogP contribution in [-0.4, -0.2) is 19.1 Å². The number of halogens is 2. The van der Waals surface area contributed by atoms with Gasteiger partial charge < -0.3 is 0 Å². The van der Waals surface area contributed by atoms with Crippen LogP contribution < -0.4 is 4.83 Å². The second-order valence-electron chi connectivity index (χ2n) is 7.29. The van der Waals surface area contributed by atoms with Crippen LogP contribution in [0.3, 0.4) is 0 Å². The maximum Gasteiger partial charge on any atom is 0.276 e. The van der Waals surface area contributed by atoms with Crippen LogP contribution in [0, 0.1) is 6.92 Å². The van der Waals surface area contributed by atoms with E-state index in [4.69, 9.17) is 11.6 Å². The van der Waals surface area contributed by atoms with Crippen LogP contribution in [0.15, 0.2) is 81.3 Å². The molecule has 4 rings (SSSR count). The van der Waals surface area contributed by atoms with Crippen LogP contribution in [0.4, 0.5) is 0 Å². The predicted molar refractivity (Wildman–Crippen MR) is 122 cm³/mol. The van der Waals surface area contributed by atoms with Gasteiger partial charge in [-0.2, -0.15) is 18.4 Å². The van der Waals surface area contributed by atoms with Gasteiger partial charge in [-0.05, 0) is 77.7 Å². The van der Waals surface area contributed by atoms with Gasteiger partial charge >= 0.3 is 0 Å². The lowest BCUT2D eigenvalue weighted by Gasteiger charge is -2.19. The third-order valence-corrected chi connectivity index (χ3v) is 7.31. The third kappa shape index (κ3) is 4.15. The molecule has 1 N–H and O–H groups in total. The van der Waals surface area contributed by atoms with E-state index in [-0.39, 0.29) is 4.90 Å². The number of aromatic nitrogens is 1. The topological polar surface area (TPSA) is 71.4 Å². The van der Waals surface area contributed by atoms with Gasteiger partial charge in [0.2, 0.25) is 0 Å². The average molecular weight is 505 g/mol. The number of sulfonamides is 1. The Morgan fingerprint density at radius 3 is 2.37 bits per heavy atom. The molecule has 3 aromatic rings. The standard InChI is InChI=1S/C22H19BrClN3O2S/c1-15-4-10-18(11-5-15)30(28,29)27-26-21(20-19(23)3-2-14-25-20)22(12-13-22)16-6-8-17(24)9-7-16/h2-11,14,27H,12-13H2,1H3. The first-order valence-corrected chi connectivity index (χ1v) is 12.0. The molecule has 2 aromatic carbocycles. The Balaban J connectivity index is 1.78. The average Bonchev–Trinajstić information content (AvgIpc) is 3.52. The van der Waals surface area contributed by atoms with E-state index in [0.717, 1.165) is 28.4 Å². The van der Waals surface area contributed by atoms with Gasteiger partial charge in [0, 0.05) is 21.1 Å². The molecule has 0 saturated heterocycles. The Bertz CT molecular complexity index is 1210. The second-order valence-corrected chi connectivity index (χ2v) is 10.2. The van der Waals surface area contributed by atoms with E-state index >= 15 is 0 Å². The van der Waals surface area contributed by atoms with Crippen LogP contribution in [0.2, 0.25) is 5.02 Å². The zero-order chi connectivity index (χ0) is 21.4. The molecule has 0 radical (unpaired) electrons. The Kier molecular flexibility index (Phi) is 5.70. The maximum atomic E-state index is 12.8. The fourth-order valence-electron chi connectivity index (χ4n) is 3.38. The zero-order valence-corrected chi connectivity index (χ0v) is 19.3. The lowest BCUT2D eigenvalue weighted by atomic mass is 9.88. The molecule has 1 heterocycles. The van der Waals surface area contributed by atoms with E-state index < -0.39 is 15.4 Å². The highest BCUT2D eigenvalue weighted by molar-refractivity contribution is 9.10. The summed E-state index contributed by atoms with van der Waals surface area (Å²) in [4.78, 5) is 7.06. The summed E-state index contributed by atoms with van der Waals surface area (Å²) in [5.74, 6) is 0. The third-order valence-electron chi connectivity index (χ3n) is 5.19. The molecule has 154 valence electrons. The summed E-state index contributed by atoms with van der Waals surface area (Å²) in [5, 5.41) is 5.06. The number of hydrogen-bond acceptors (Lipinski definition) is 4. The van der Waals surface area contributed by atoms with Crippen LogP contribution in [0.1, 0.15) is 29.7 Å². The van der Waals surface area contributed by atoms with Gasteiger partial charge in [-0.15, -0.1) is 0 Å². The van der Waals surface area contributed by atoms with E-state index in [9.17, 15) is 8.42 Å². The number of pyridine rings is 1. The highest BCUT2D eigenvalue weighted by atomic mass is 79.9. The van der Waals surface area contributed by atoms with Gasteiger partial charge in [0.25, 0.3) is 10.0 Å². The van der Waals surface area contributed by atoms with Crippen molar-refractivity contribution in [2.75, 3.05) is 0 Å². The quantitative estimate of drug-likeness (QED) is 0.369. The molecule has 0 amide bonds. The van der Waals surface area contributed by atoms with Gasteiger partial charge in [0.05, 0.1) is 10.6 Å². The molecule has 1 aliphatic carbocycles. The predicted octanol–water partition coefficient (Wildman–Crippen LogP) is 5.22. The number of rotatable bonds is 6. The molecule has 0 aliphatic heterocycles. The summed E-state index contributed by atoms with van der Waals surface area (Å²) in [6, 6.07) is 17.9. The van der Waals surface area contributed by atoms with E-state index in [0.29, 0.717) is 16.4 Å². The lowest BCUT2D eigenvalue weighted by molar-refractivity contribution is 0.584. The van der Waals surface area contributed by atoms with Crippen LogP contribution in [0.25, 0.3) is 0 Å². The molecule has 1 aliphatic rings. The van der Waals surface area contributed by atoms with Crippen molar-refractivity contribution < 1.29 is 8.42 Å². The maximum absolute atomic E-state index is 12.8. The summed E-state index contributed by atoms with van der Waals surface area (Å²) in [7, 11) is -3.82. The molecule has 0 atom stereocenters. The van der Waals surface area contributed by atoms with E-state index in [2.05, 4.69) is 30.8 Å². The van der Waals surface area contributed by atoms with E-state index in [1.54, 1.807) is 30.5 Å². The fourth-order valence-corrected chi connectivity index (χ4v) is 4.76. The number of nitrogens with one attached hydrogen (secondary N) is 1. The molecule has 0 spiro atoms. The summed E-state index contributed by atoms with van der Waals surface area (Å²) in [5.41, 5.74) is 2.77. The molecule has 1 saturated carbocycles. The minimum atomic E-state index is -3.82. The molecule has 5 nitrogen and oxygen atoms in total. The first kappa shape index (κ1) is 21.0. The minimum absolute atomic E-state index is 0.160. The Morgan fingerprint density at radius 2 is 1.77 bits per heavy atom. The Morgan fingerprint density at radius 1 is 1.10 bits per heavy atom. The first-order chi connectivity index (χ1) is 14.3. The van der Waals surface area contributed by atoms with Gasteiger partial charge in [0.1, 0.15) is 5.69 Å². The van der Waals surface area contributed by atoms with Crippen molar-refractivity contribution in [2.24, 2.45) is 5.10 Å². The second kappa shape index (κ2) is 8.13. The van der Waals surface area contributed by atoms with Gasteiger partial charge in [-0.25, -0.2) is 0 Å². The van der Waals surface area contributed by atoms with Crippen LogP contribution in [0.5, 0.6) is 0 Å². The largest absolute Gasteiger partial charge is 0.276 e. The van der Waals surface area contributed by atoms with Gasteiger partial charge in [-0.1, -0.05) is 41.4 Å². The lowest BCUT2D eigenvalue weighted by Crippen LogP contribution is -2.28. The van der Waals surface area contributed by atoms with Gasteiger partial charge in [-0.3, -0.25) is 4.98 Å². The molecular formula is C22H19BrClN3O2S. The Labute approximate surface area is 189 Å². The minimum Gasteiger partial charge on any atom is -0.254 e. The SMILES string of the molecule is Cc1ccc(S(=O)(=O)NN=C(c2ncccc2Br)C2(c3ccc(Cl)cc3)CC2)cc1. The van der Waals surface area contributed by atoms with Crippen LogP contribution >= 0.6 is 27.5 Å². The van der Waals surface area contributed by atoms with Crippen molar-refractivity contribution >= 4 is 43.3 Å². The summed E-state index contributed by atoms with van der Waals surface area (Å²) in [6.45, 7) is 1.90. The molecule has 0 bridgehead atoms. The molecule has 30 heavy (non-hydrogen) atoms.